The molecule has 11 heteroatoms. The standard InChI is InChI=1S/C26H31Cl2N3O5S/c1-4-17(3)29-25(33)22(5-2)30(16-18-12-13-19(27)15-21(18)28)24(32)11-8-14-31-26(34)20-9-6-7-10-23(20)37(31,35)36/h6-7,9-10,12-13,15,17,22H,4-5,8,11,14,16H2,1-3H3,(H,29,33)/t17-,22-/m0/s1. The summed E-state index contributed by atoms with van der Waals surface area (Å²) in [5.74, 6) is -1.23. The summed E-state index contributed by atoms with van der Waals surface area (Å²) in [5.41, 5.74) is 0.752. The van der Waals surface area contributed by atoms with Crippen LogP contribution in [0.4, 0.5) is 0 Å². The van der Waals surface area contributed by atoms with Gasteiger partial charge in [0.1, 0.15) is 10.9 Å². The summed E-state index contributed by atoms with van der Waals surface area (Å²) in [4.78, 5) is 40.6. The minimum absolute atomic E-state index is 0.0295. The van der Waals surface area contributed by atoms with Crippen molar-refractivity contribution < 1.29 is 22.8 Å². The minimum Gasteiger partial charge on any atom is -0.352 e. The number of nitrogens with one attached hydrogen (secondary N) is 1. The van der Waals surface area contributed by atoms with Crippen molar-refractivity contribution in [3.05, 3.63) is 63.6 Å². The topological polar surface area (TPSA) is 104 Å². The summed E-state index contributed by atoms with van der Waals surface area (Å²) < 4.78 is 26.4. The first-order valence-electron chi connectivity index (χ1n) is 12.2. The van der Waals surface area contributed by atoms with Crippen molar-refractivity contribution in [3.8, 4) is 0 Å². The highest BCUT2D eigenvalue weighted by molar-refractivity contribution is 7.90. The third-order valence-electron chi connectivity index (χ3n) is 6.41. The second kappa shape index (κ2) is 12.3. The molecule has 2 aromatic carbocycles. The molecule has 0 spiro atoms. The molecule has 1 N–H and O–H groups in total. The van der Waals surface area contributed by atoms with Crippen LogP contribution in [-0.4, -0.2) is 54.0 Å². The number of benzene rings is 2. The second-order valence-corrected chi connectivity index (χ2v) is 11.7. The van der Waals surface area contributed by atoms with Crippen LogP contribution in [0.3, 0.4) is 0 Å². The molecule has 37 heavy (non-hydrogen) atoms. The molecule has 0 bridgehead atoms. The maximum Gasteiger partial charge on any atom is 0.269 e. The van der Waals surface area contributed by atoms with Gasteiger partial charge in [0.05, 0.1) is 5.56 Å². The van der Waals surface area contributed by atoms with Gasteiger partial charge in [-0.15, -0.1) is 0 Å². The van der Waals surface area contributed by atoms with E-state index >= 15 is 0 Å². The summed E-state index contributed by atoms with van der Waals surface area (Å²) in [5, 5.41) is 3.75. The molecular formula is C26H31Cl2N3O5S. The van der Waals surface area contributed by atoms with Crippen molar-refractivity contribution >= 4 is 50.9 Å². The number of carbonyl (C=O) groups is 3. The fourth-order valence-corrected chi connectivity index (χ4v) is 6.24. The van der Waals surface area contributed by atoms with Crippen LogP contribution in [0.2, 0.25) is 10.0 Å². The molecule has 1 heterocycles. The maximum atomic E-state index is 13.4. The molecule has 0 aliphatic carbocycles. The molecule has 3 rings (SSSR count). The molecule has 0 saturated carbocycles. The average molecular weight is 569 g/mol. The van der Waals surface area contributed by atoms with Gasteiger partial charge >= 0.3 is 0 Å². The van der Waals surface area contributed by atoms with Gasteiger partial charge in [0.2, 0.25) is 11.8 Å². The number of hydrogen-bond donors (Lipinski definition) is 1. The number of rotatable bonds is 11. The average Bonchev–Trinajstić information content (AvgIpc) is 3.05. The van der Waals surface area contributed by atoms with Crippen LogP contribution in [0.1, 0.15) is 62.4 Å². The summed E-state index contributed by atoms with van der Waals surface area (Å²) >= 11 is 12.4. The van der Waals surface area contributed by atoms with E-state index in [2.05, 4.69) is 5.32 Å². The molecule has 1 aliphatic rings. The predicted octanol–water partition coefficient (Wildman–Crippen LogP) is 4.64. The Labute approximate surface area is 228 Å². The van der Waals surface area contributed by atoms with Crippen LogP contribution in [-0.2, 0) is 26.2 Å². The molecule has 1 aliphatic heterocycles. The van der Waals surface area contributed by atoms with E-state index < -0.39 is 22.0 Å². The van der Waals surface area contributed by atoms with E-state index in [1.165, 1.54) is 17.0 Å². The summed E-state index contributed by atoms with van der Waals surface area (Å²) in [6.45, 7) is 5.59. The van der Waals surface area contributed by atoms with E-state index in [-0.39, 0.29) is 54.2 Å². The van der Waals surface area contributed by atoms with Crippen molar-refractivity contribution in [2.75, 3.05) is 6.54 Å². The number of halogens is 2. The van der Waals surface area contributed by atoms with E-state index in [1.54, 1.807) is 30.3 Å². The van der Waals surface area contributed by atoms with Gasteiger partial charge in [-0.3, -0.25) is 14.4 Å². The third kappa shape index (κ3) is 6.45. The van der Waals surface area contributed by atoms with Crippen molar-refractivity contribution in [1.82, 2.24) is 14.5 Å². The van der Waals surface area contributed by atoms with Crippen LogP contribution in [0.15, 0.2) is 47.4 Å². The molecule has 0 aromatic heterocycles. The maximum absolute atomic E-state index is 13.4. The Balaban J connectivity index is 1.78. The molecule has 2 atom stereocenters. The Kier molecular flexibility index (Phi) is 9.61. The second-order valence-electron chi connectivity index (χ2n) is 8.98. The Morgan fingerprint density at radius 3 is 2.41 bits per heavy atom. The smallest absolute Gasteiger partial charge is 0.269 e. The van der Waals surface area contributed by atoms with Gasteiger partial charge in [0, 0.05) is 35.6 Å². The fourth-order valence-electron chi connectivity index (χ4n) is 4.16. The van der Waals surface area contributed by atoms with Gasteiger partial charge in [-0.2, -0.15) is 0 Å². The number of nitrogens with zero attached hydrogens (tertiary/aromatic N) is 2. The van der Waals surface area contributed by atoms with Gasteiger partial charge in [-0.25, -0.2) is 12.7 Å². The van der Waals surface area contributed by atoms with E-state index in [4.69, 9.17) is 23.2 Å². The molecule has 0 radical (unpaired) electrons. The molecule has 0 fully saturated rings. The predicted molar refractivity (Wildman–Crippen MR) is 143 cm³/mol. The van der Waals surface area contributed by atoms with Crippen LogP contribution < -0.4 is 5.32 Å². The quantitative estimate of drug-likeness (QED) is 0.426. The zero-order chi connectivity index (χ0) is 27.3. The molecule has 0 unspecified atom stereocenters. The lowest BCUT2D eigenvalue weighted by atomic mass is 10.1. The first-order valence-corrected chi connectivity index (χ1v) is 14.4. The molecule has 3 amide bonds. The summed E-state index contributed by atoms with van der Waals surface area (Å²) in [6, 6.07) is 10.2. The lowest BCUT2D eigenvalue weighted by molar-refractivity contribution is -0.141. The van der Waals surface area contributed by atoms with Crippen LogP contribution in [0.5, 0.6) is 0 Å². The zero-order valence-electron chi connectivity index (χ0n) is 21.0. The van der Waals surface area contributed by atoms with E-state index in [1.807, 2.05) is 20.8 Å². The van der Waals surface area contributed by atoms with Crippen LogP contribution in [0.25, 0.3) is 0 Å². The first kappa shape index (κ1) is 28.9. The summed E-state index contributed by atoms with van der Waals surface area (Å²) in [7, 11) is -3.96. The largest absolute Gasteiger partial charge is 0.352 e. The summed E-state index contributed by atoms with van der Waals surface area (Å²) in [6.07, 6.45) is 1.15. The lowest BCUT2D eigenvalue weighted by Gasteiger charge is -2.32. The first-order chi connectivity index (χ1) is 17.5. The van der Waals surface area contributed by atoms with E-state index in [0.717, 1.165) is 10.7 Å². The highest BCUT2D eigenvalue weighted by Crippen LogP contribution is 2.30. The number of amides is 3. The van der Waals surface area contributed by atoms with Crippen molar-refractivity contribution in [2.45, 2.75) is 70.0 Å². The number of fused-ring (bicyclic) bond motifs is 1. The third-order valence-corrected chi connectivity index (χ3v) is 8.83. The van der Waals surface area contributed by atoms with E-state index in [9.17, 15) is 22.8 Å². The Morgan fingerprint density at radius 1 is 1.08 bits per heavy atom. The Morgan fingerprint density at radius 2 is 1.78 bits per heavy atom. The molecule has 0 saturated heterocycles. The monoisotopic (exact) mass is 567 g/mol. The van der Waals surface area contributed by atoms with Gasteiger partial charge in [0.15, 0.2) is 0 Å². The molecule has 200 valence electrons. The van der Waals surface area contributed by atoms with Crippen molar-refractivity contribution in [1.29, 1.82) is 0 Å². The zero-order valence-corrected chi connectivity index (χ0v) is 23.4. The molecule has 2 aromatic rings. The van der Waals surface area contributed by atoms with Crippen LogP contribution >= 0.6 is 23.2 Å². The SMILES string of the molecule is CC[C@H](C)NC(=O)[C@H](CC)N(Cc1ccc(Cl)cc1Cl)C(=O)CCCN1C(=O)c2ccccc2S1(=O)=O. The van der Waals surface area contributed by atoms with Crippen molar-refractivity contribution in [2.24, 2.45) is 0 Å². The molecule has 8 nitrogen and oxygen atoms in total. The van der Waals surface area contributed by atoms with Crippen LogP contribution in [0, 0.1) is 0 Å². The van der Waals surface area contributed by atoms with Gasteiger partial charge < -0.3 is 10.2 Å². The Hall–Kier alpha value is -2.62. The highest BCUT2D eigenvalue weighted by atomic mass is 35.5. The van der Waals surface area contributed by atoms with E-state index in [0.29, 0.717) is 22.0 Å². The minimum atomic E-state index is -3.96. The van der Waals surface area contributed by atoms with Gasteiger partial charge in [-0.05, 0) is 56.0 Å². The number of sulfonamides is 1. The van der Waals surface area contributed by atoms with Gasteiger partial charge in [-0.1, -0.05) is 55.2 Å². The highest BCUT2D eigenvalue weighted by Gasteiger charge is 2.40. The normalized spacial score (nSPS) is 15.7. The van der Waals surface area contributed by atoms with Gasteiger partial charge in [0.25, 0.3) is 15.9 Å². The Bertz CT molecular complexity index is 1280. The number of carbonyl (C=O) groups excluding carboxylic acids is 3. The lowest BCUT2D eigenvalue weighted by Crippen LogP contribution is -2.50. The fraction of sp³-hybridized carbons (Fsp3) is 0.423. The molecular weight excluding hydrogens is 537 g/mol. The number of hydrogen-bond acceptors (Lipinski definition) is 5. The van der Waals surface area contributed by atoms with Crippen molar-refractivity contribution in [3.63, 3.8) is 0 Å².